The Morgan fingerprint density at radius 1 is 1.00 bits per heavy atom. The van der Waals surface area contributed by atoms with Gasteiger partial charge in [0, 0.05) is 12.1 Å². The van der Waals surface area contributed by atoms with Crippen molar-refractivity contribution in [3.8, 4) is 0 Å². The van der Waals surface area contributed by atoms with E-state index in [-0.39, 0.29) is 11.7 Å². The van der Waals surface area contributed by atoms with E-state index in [0.717, 1.165) is 16.7 Å². The van der Waals surface area contributed by atoms with Gasteiger partial charge in [-0.05, 0) is 57.9 Å². The standard InChI is InChI=1S/C19H13BrN2O3/c20-17-10-9-16(24-17)19(23)21-13-7-5-12(6-8-13)11-18-22-14-3-1-2-4-15(14)25-18/h1-10H,11H2,(H,21,23). The Bertz CT molecular complexity index is 1000. The Labute approximate surface area is 151 Å². The van der Waals surface area contributed by atoms with E-state index in [1.54, 1.807) is 12.1 Å². The van der Waals surface area contributed by atoms with Crippen LogP contribution in [-0.4, -0.2) is 10.9 Å². The average Bonchev–Trinajstić information content (AvgIpc) is 3.22. The number of halogens is 1. The van der Waals surface area contributed by atoms with Crippen LogP contribution in [0.25, 0.3) is 11.1 Å². The van der Waals surface area contributed by atoms with Gasteiger partial charge in [-0.2, -0.15) is 0 Å². The number of aromatic nitrogens is 1. The van der Waals surface area contributed by atoms with Crippen LogP contribution >= 0.6 is 15.9 Å². The maximum absolute atomic E-state index is 12.1. The molecule has 124 valence electrons. The van der Waals surface area contributed by atoms with Crippen LogP contribution in [0.2, 0.25) is 0 Å². The molecule has 2 heterocycles. The topological polar surface area (TPSA) is 68.3 Å². The van der Waals surface area contributed by atoms with Crippen molar-refractivity contribution in [2.75, 3.05) is 5.32 Å². The summed E-state index contributed by atoms with van der Waals surface area (Å²) < 4.78 is 11.5. The molecule has 25 heavy (non-hydrogen) atoms. The summed E-state index contributed by atoms with van der Waals surface area (Å²) in [6.07, 6.45) is 0.591. The van der Waals surface area contributed by atoms with Crippen molar-refractivity contribution in [3.05, 3.63) is 82.5 Å². The summed E-state index contributed by atoms with van der Waals surface area (Å²) in [5.74, 6) is 0.623. The molecule has 2 aromatic carbocycles. The molecule has 0 aliphatic heterocycles. The Kier molecular flexibility index (Phi) is 4.11. The fraction of sp³-hybridized carbons (Fsp3) is 0.0526. The van der Waals surface area contributed by atoms with Crippen LogP contribution in [0.1, 0.15) is 22.0 Å². The Hall–Kier alpha value is -2.86. The van der Waals surface area contributed by atoms with E-state index in [1.807, 2.05) is 48.5 Å². The number of rotatable bonds is 4. The first-order chi connectivity index (χ1) is 12.2. The van der Waals surface area contributed by atoms with Crippen molar-refractivity contribution >= 4 is 38.6 Å². The highest BCUT2D eigenvalue weighted by molar-refractivity contribution is 9.10. The summed E-state index contributed by atoms with van der Waals surface area (Å²) in [6, 6.07) is 18.5. The molecular formula is C19H13BrN2O3. The van der Waals surface area contributed by atoms with E-state index < -0.39 is 0 Å². The van der Waals surface area contributed by atoms with E-state index >= 15 is 0 Å². The van der Waals surface area contributed by atoms with Crippen LogP contribution in [0.4, 0.5) is 5.69 Å². The minimum atomic E-state index is -0.294. The van der Waals surface area contributed by atoms with Crippen molar-refractivity contribution < 1.29 is 13.6 Å². The van der Waals surface area contributed by atoms with E-state index in [9.17, 15) is 4.79 Å². The maximum atomic E-state index is 12.1. The Balaban J connectivity index is 1.45. The summed E-state index contributed by atoms with van der Waals surface area (Å²) in [4.78, 5) is 16.5. The number of amides is 1. The highest BCUT2D eigenvalue weighted by Crippen LogP contribution is 2.19. The average molecular weight is 397 g/mol. The first-order valence-electron chi connectivity index (χ1n) is 7.67. The number of carbonyl (C=O) groups excluding carboxylic acids is 1. The predicted molar refractivity (Wildman–Crippen MR) is 97.6 cm³/mol. The van der Waals surface area contributed by atoms with Gasteiger partial charge in [0.2, 0.25) is 0 Å². The zero-order chi connectivity index (χ0) is 17.2. The molecule has 1 N–H and O–H groups in total. The number of fused-ring (bicyclic) bond motifs is 1. The molecule has 0 unspecified atom stereocenters. The molecule has 0 radical (unpaired) electrons. The van der Waals surface area contributed by atoms with Gasteiger partial charge in [-0.1, -0.05) is 24.3 Å². The Morgan fingerprint density at radius 3 is 2.52 bits per heavy atom. The fourth-order valence-corrected chi connectivity index (χ4v) is 2.81. The first-order valence-corrected chi connectivity index (χ1v) is 8.47. The molecule has 1 amide bonds. The van der Waals surface area contributed by atoms with Gasteiger partial charge in [0.25, 0.3) is 5.91 Å². The smallest absolute Gasteiger partial charge is 0.291 e. The van der Waals surface area contributed by atoms with Crippen LogP contribution in [0, 0.1) is 0 Å². The lowest BCUT2D eigenvalue weighted by atomic mass is 10.1. The lowest BCUT2D eigenvalue weighted by Crippen LogP contribution is -2.10. The molecule has 6 heteroatoms. The van der Waals surface area contributed by atoms with Gasteiger partial charge in [-0.15, -0.1) is 0 Å². The third-order valence-electron chi connectivity index (χ3n) is 3.70. The summed E-state index contributed by atoms with van der Waals surface area (Å²) >= 11 is 3.18. The first kappa shape index (κ1) is 15.7. The van der Waals surface area contributed by atoms with Crippen LogP contribution in [-0.2, 0) is 6.42 Å². The molecule has 0 atom stereocenters. The van der Waals surface area contributed by atoms with Gasteiger partial charge >= 0.3 is 0 Å². The van der Waals surface area contributed by atoms with Crippen molar-refractivity contribution in [2.45, 2.75) is 6.42 Å². The largest absolute Gasteiger partial charge is 0.444 e. The predicted octanol–water partition coefficient (Wildman–Crippen LogP) is 5.03. The third kappa shape index (κ3) is 3.49. The molecule has 0 fully saturated rings. The van der Waals surface area contributed by atoms with E-state index in [4.69, 9.17) is 8.83 Å². The zero-order valence-corrected chi connectivity index (χ0v) is 14.6. The van der Waals surface area contributed by atoms with Crippen molar-refractivity contribution in [1.82, 2.24) is 4.98 Å². The van der Waals surface area contributed by atoms with Gasteiger partial charge in [-0.25, -0.2) is 4.98 Å². The zero-order valence-electron chi connectivity index (χ0n) is 13.0. The Morgan fingerprint density at radius 2 is 1.80 bits per heavy atom. The highest BCUT2D eigenvalue weighted by Gasteiger charge is 2.11. The van der Waals surface area contributed by atoms with Crippen molar-refractivity contribution in [1.29, 1.82) is 0 Å². The van der Waals surface area contributed by atoms with Crippen molar-refractivity contribution in [3.63, 3.8) is 0 Å². The molecule has 0 aliphatic rings. The minimum absolute atomic E-state index is 0.252. The summed E-state index contributed by atoms with van der Waals surface area (Å²) in [5, 5.41) is 2.79. The SMILES string of the molecule is O=C(Nc1ccc(Cc2nc3ccccc3o2)cc1)c1ccc(Br)o1. The number of anilines is 1. The molecule has 0 saturated heterocycles. The second-order valence-electron chi connectivity index (χ2n) is 5.51. The number of furan rings is 1. The molecule has 4 aromatic rings. The van der Waals surface area contributed by atoms with E-state index in [2.05, 4.69) is 26.2 Å². The second kappa shape index (κ2) is 6.57. The number of benzene rings is 2. The maximum Gasteiger partial charge on any atom is 0.291 e. The van der Waals surface area contributed by atoms with Gasteiger partial charge in [0.05, 0.1) is 0 Å². The molecule has 5 nitrogen and oxygen atoms in total. The van der Waals surface area contributed by atoms with Gasteiger partial charge in [-0.3, -0.25) is 4.79 Å². The van der Waals surface area contributed by atoms with Crippen LogP contribution < -0.4 is 5.32 Å². The molecule has 0 bridgehead atoms. The molecule has 0 saturated carbocycles. The number of nitrogens with zero attached hydrogens (tertiary/aromatic N) is 1. The number of carbonyl (C=O) groups is 1. The lowest BCUT2D eigenvalue weighted by molar-refractivity contribution is 0.0995. The molecule has 0 aliphatic carbocycles. The number of oxazole rings is 1. The van der Waals surface area contributed by atoms with Crippen LogP contribution in [0.15, 0.2) is 74.2 Å². The lowest BCUT2D eigenvalue weighted by Gasteiger charge is -2.04. The monoisotopic (exact) mass is 396 g/mol. The number of hydrogen-bond donors (Lipinski definition) is 1. The van der Waals surface area contributed by atoms with Gasteiger partial charge in [0.15, 0.2) is 21.9 Å². The summed E-state index contributed by atoms with van der Waals surface area (Å²) in [5.41, 5.74) is 3.38. The molecule has 2 aromatic heterocycles. The second-order valence-corrected chi connectivity index (χ2v) is 6.29. The van der Waals surface area contributed by atoms with Gasteiger partial charge in [0.1, 0.15) is 5.52 Å². The number of hydrogen-bond acceptors (Lipinski definition) is 4. The van der Waals surface area contributed by atoms with Gasteiger partial charge < -0.3 is 14.2 Å². The number of para-hydroxylation sites is 2. The van der Waals surface area contributed by atoms with E-state index in [1.165, 1.54) is 0 Å². The molecule has 4 rings (SSSR count). The van der Waals surface area contributed by atoms with Crippen LogP contribution in [0.3, 0.4) is 0 Å². The quantitative estimate of drug-likeness (QED) is 0.525. The summed E-state index contributed by atoms with van der Waals surface area (Å²) in [7, 11) is 0. The number of nitrogens with one attached hydrogen (secondary N) is 1. The molecular weight excluding hydrogens is 384 g/mol. The molecule has 0 spiro atoms. The fourth-order valence-electron chi connectivity index (χ4n) is 2.51. The van der Waals surface area contributed by atoms with E-state index in [0.29, 0.717) is 22.7 Å². The normalized spacial score (nSPS) is 10.9. The minimum Gasteiger partial charge on any atom is -0.444 e. The van der Waals surface area contributed by atoms with Crippen LogP contribution in [0.5, 0.6) is 0 Å². The highest BCUT2D eigenvalue weighted by atomic mass is 79.9. The summed E-state index contributed by atoms with van der Waals surface area (Å²) in [6.45, 7) is 0. The third-order valence-corrected chi connectivity index (χ3v) is 4.13. The van der Waals surface area contributed by atoms with Crippen molar-refractivity contribution in [2.24, 2.45) is 0 Å².